The number of benzene rings is 2. The van der Waals surface area contributed by atoms with Crippen molar-refractivity contribution in [2.75, 3.05) is 6.61 Å². The minimum absolute atomic E-state index is 0.0864. The van der Waals surface area contributed by atoms with Crippen LogP contribution in [0.5, 0.6) is 0 Å². The van der Waals surface area contributed by atoms with Crippen molar-refractivity contribution in [2.24, 2.45) is 0 Å². The normalized spacial score (nSPS) is 20.0. The summed E-state index contributed by atoms with van der Waals surface area (Å²) in [4.78, 5) is 17.5. The van der Waals surface area contributed by atoms with Crippen molar-refractivity contribution in [3.8, 4) is 0 Å². The minimum Gasteiger partial charge on any atom is -0.340 e. The maximum absolute atomic E-state index is 12.7. The van der Waals surface area contributed by atoms with Crippen molar-refractivity contribution in [3.63, 3.8) is 0 Å². The molecular weight excluding hydrogens is 268 g/mol. The SMILES string of the molecule is CCOC1(OO)c2ccccc2C(=O)c2cc(C)ccc21. The summed E-state index contributed by atoms with van der Waals surface area (Å²) in [5.74, 6) is -1.54. The summed E-state index contributed by atoms with van der Waals surface area (Å²) in [6.45, 7) is 4.06. The van der Waals surface area contributed by atoms with E-state index in [9.17, 15) is 10.1 Å². The van der Waals surface area contributed by atoms with Gasteiger partial charge in [-0.2, -0.15) is 4.89 Å². The molecule has 0 bridgehead atoms. The van der Waals surface area contributed by atoms with Gasteiger partial charge >= 0.3 is 0 Å². The van der Waals surface area contributed by atoms with Crippen LogP contribution in [0.4, 0.5) is 0 Å². The van der Waals surface area contributed by atoms with E-state index in [1.54, 1.807) is 36.4 Å². The van der Waals surface area contributed by atoms with Crippen LogP contribution in [-0.2, 0) is 15.4 Å². The molecule has 0 saturated heterocycles. The van der Waals surface area contributed by atoms with Gasteiger partial charge in [0.1, 0.15) is 0 Å². The van der Waals surface area contributed by atoms with E-state index in [0.29, 0.717) is 28.9 Å². The molecule has 1 aliphatic carbocycles. The first-order chi connectivity index (χ1) is 10.1. The lowest BCUT2D eigenvalue weighted by atomic mass is 9.80. The zero-order valence-corrected chi connectivity index (χ0v) is 11.9. The number of ether oxygens (including phenoxy) is 1. The highest BCUT2D eigenvalue weighted by molar-refractivity contribution is 6.13. The standard InChI is InChI=1S/C17H16O4/c1-3-20-17(21-19)14-7-5-4-6-12(14)16(18)13-10-11(2)8-9-15(13)17/h4-10,19H,3H2,1-2H3. The molecule has 0 aliphatic heterocycles. The van der Waals surface area contributed by atoms with Gasteiger partial charge in [0.15, 0.2) is 5.78 Å². The molecule has 4 nitrogen and oxygen atoms in total. The van der Waals surface area contributed by atoms with Gasteiger partial charge in [-0.05, 0) is 19.9 Å². The molecule has 0 spiro atoms. The molecule has 0 saturated carbocycles. The van der Waals surface area contributed by atoms with Crippen LogP contribution in [0.2, 0.25) is 0 Å². The number of fused-ring (bicyclic) bond motifs is 2. The summed E-state index contributed by atoms with van der Waals surface area (Å²) in [6, 6.07) is 12.5. The Morgan fingerprint density at radius 2 is 1.81 bits per heavy atom. The predicted molar refractivity (Wildman–Crippen MR) is 77.2 cm³/mol. The molecular formula is C17H16O4. The molecule has 1 aliphatic rings. The van der Waals surface area contributed by atoms with Crippen molar-refractivity contribution >= 4 is 5.78 Å². The third-order valence-electron chi connectivity index (χ3n) is 3.78. The van der Waals surface area contributed by atoms with Crippen LogP contribution < -0.4 is 0 Å². The molecule has 2 aromatic carbocycles. The van der Waals surface area contributed by atoms with Crippen molar-refractivity contribution in [3.05, 3.63) is 70.3 Å². The van der Waals surface area contributed by atoms with Crippen LogP contribution in [0.1, 0.15) is 39.5 Å². The molecule has 0 heterocycles. The summed E-state index contributed by atoms with van der Waals surface area (Å²) in [5, 5.41) is 9.59. The number of hydrogen-bond donors (Lipinski definition) is 1. The van der Waals surface area contributed by atoms with E-state index in [0.717, 1.165) is 5.56 Å². The second-order valence-electron chi connectivity index (χ2n) is 5.06. The summed E-state index contributed by atoms with van der Waals surface area (Å²) in [5.41, 5.74) is 3.00. The number of aryl methyl sites for hydroxylation is 1. The van der Waals surface area contributed by atoms with Gasteiger partial charge in [0.25, 0.3) is 5.79 Å². The summed E-state index contributed by atoms with van der Waals surface area (Å²) in [7, 11) is 0. The van der Waals surface area contributed by atoms with Crippen LogP contribution in [0.25, 0.3) is 0 Å². The molecule has 0 fully saturated rings. The first-order valence-corrected chi connectivity index (χ1v) is 6.86. The van der Waals surface area contributed by atoms with E-state index in [4.69, 9.17) is 9.62 Å². The van der Waals surface area contributed by atoms with Crippen molar-refractivity contribution in [2.45, 2.75) is 19.6 Å². The van der Waals surface area contributed by atoms with E-state index in [2.05, 4.69) is 0 Å². The van der Waals surface area contributed by atoms with Gasteiger partial charge in [-0.1, -0.05) is 42.0 Å². The van der Waals surface area contributed by atoms with Gasteiger partial charge in [-0.15, -0.1) is 0 Å². The second kappa shape index (κ2) is 5.07. The first-order valence-electron chi connectivity index (χ1n) is 6.86. The molecule has 2 aromatic rings. The Hall–Kier alpha value is -2.01. The Morgan fingerprint density at radius 1 is 1.10 bits per heavy atom. The molecule has 1 unspecified atom stereocenters. The molecule has 0 aromatic heterocycles. The van der Waals surface area contributed by atoms with E-state index in [-0.39, 0.29) is 5.78 Å². The first kappa shape index (κ1) is 13.9. The van der Waals surface area contributed by atoms with E-state index >= 15 is 0 Å². The monoisotopic (exact) mass is 284 g/mol. The van der Waals surface area contributed by atoms with Crippen LogP contribution in [-0.4, -0.2) is 17.6 Å². The average Bonchev–Trinajstić information content (AvgIpc) is 2.51. The largest absolute Gasteiger partial charge is 0.340 e. The zero-order chi connectivity index (χ0) is 15.0. The molecule has 21 heavy (non-hydrogen) atoms. The van der Waals surface area contributed by atoms with E-state index < -0.39 is 5.79 Å². The molecule has 3 rings (SSSR count). The topological polar surface area (TPSA) is 55.8 Å². The molecule has 0 radical (unpaired) electrons. The summed E-state index contributed by atoms with van der Waals surface area (Å²) >= 11 is 0. The van der Waals surface area contributed by atoms with Crippen LogP contribution >= 0.6 is 0 Å². The number of hydrogen-bond acceptors (Lipinski definition) is 4. The van der Waals surface area contributed by atoms with E-state index in [1.807, 2.05) is 19.9 Å². The van der Waals surface area contributed by atoms with E-state index in [1.165, 1.54) is 0 Å². The molecule has 108 valence electrons. The average molecular weight is 284 g/mol. The van der Waals surface area contributed by atoms with Crippen molar-refractivity contribution < 1.29 is 19.7 Å². The third-order valence-corrected chi connectivity index (χ3v) is 3.78. The summed E-state index contributed by atoms with van der Waals surface area (Å²) in [6.07, 6.45) is 0. The van der Waals surface area contributed by atoms with Crippen LogP contribution in [0, 0.1) is 6.92 Å². The minimum atomic E-state index is -1.46. The Morgan fingerprint density at radius 3 is 2.52 bits per heavy atom. The Labute approximate surface area is 122 Å². The van der Waals surface area contributed by atoms with Crippen LogP contribution in [0.15, 0.2) is 42.5 Å². The fourth-order valence-electron chi connectivity index (χ4n) is 2.87. The van der Waals surface area contributed by atoms with Gasteiger partial charge in [-0.3, -0.25) is 4.79 Å². The molecule has 0 amide bonds. The predicted octanol–water partition coefficient (Wildman–Crippen LogP) is 3.27. The number of carbonyl (C=O) groups is 1. The Kier molecular flexibility index (Phi) is 3.37. The lowest BCUT2D eigenvalue weighted by Gasteiger charge is -2.36. The van der Waals surface area contributed by atoms with Crippen molar-refractivity contribution in [1.29, 1.82) is 0 Å². The van der Waals surface area contributed by atoms with Gasteiger partial charge in [0.05, 0.1) is 0 Å². The highest BCUT2D eigenvalue weighted by atomic mass is 17.1. The maximum atomic E-state index is 12.7. The van der Waals surface area contributed by atoms with Crippen LogP contribution in [0.3, 0.4) is 0 Å². The second-order valence-corrected chi connectivity index (χ2v) is 5.06. The smallest absolute Gasteiger partial charge is 0.255 e. The fraction of sp³-hybridized carbons (Fsp3) is 0.235. The third kappa shape index (κ3) is 1.92. The van der Waals surface area contributed by atoms with Gasteiger partial charge < -0.3 is 4.74 Å². The molecule has 4 heteroatoms. The number of carbonyl (C=O) groups excluding carboxylic acids is 1. The zero-order valence-electron chi connectivity index (χ0n) is 11.9. The lowest BCUT2D eigenvalue weighted by Crippen LogP contribution is -2.40. The fourth-order valence-corrected chi connectivity index (χ4v) is 2.87. The number of rotatable bonds is 3. The van der Waals surface area contributed by atoms with Gasteiger partial charge in [-0.25, -0.2) is 5.26 Å². The Balaban J connectivity index is 2.36. The molecule has 1 atom stereocenters. The maximum Gasteiger partial charge on any atom is 0.255 e. The quantitative estimate of drug-likeness (QED) is 0.534. The highest BCUT2D eigenvalue weighted by Gasteiger charge is 2.46. The summed E-state index contributed by atoms with van der Waals surface area (Å²) < 4.78 is 5.74. The number of ketones is 1. The highest BCUT2D eigenvalue weighted by Crippen LogP contribution is 2.43. The van der Waals surface area contributed by atoms with Gasteiger partial charge in [0, 0.05) is 28.9 Å². The molecule has 1 N–H and O–H groups in total. The lowest BCUT2D eigenvalue weighted by molar-refractivity contribution is -0.395. The van der Waals surface area contributed by atoms with Gasteiger partial charge in [0.2, 0.25) is 0 Å². The Bertz CT molecular complexity index is 708. The van der Waals surface area contributed by atoms with Crippen molar-refractivity contribution in [1.82, 2.24) is 0 Å².